The molecule has 1 aliphatic rings. The van der Waals surface area contributed by atoms with E-state index >= 15 is 0 Å². The van der Waals surface area contributed by atoms with Gasteiger partial charge in [0.1, 0.15) is 17.1 Å². The first-order chi connectivity index (χ1) is 17.6. The highest BCUT2D eigenvalue weighted by Crippen LogP contribution is 2.39. The Hall–Kier alpha value is -3.90. The van der Waals surface area contributed by atoms with Crippen molar-refractivity contribution in [1.82, 2.24) is 9.80 Å². The molecular formula is C30H30N2O4. The summed E-state index contributed by atoms with van der Waals surface area (Å²) in [6.07, 6.45) is 0.797. The lowest BCUT2D eigenvalue weighted by atomic mass is 9.98. The highest BCUT2D eigenvalue weighted by Gasteiger charge is 2.42. The standard InChI is InChI=1S/C30H30N2O4/c1-3-31(4-2)18-11-19-32-27(21-12-10-15-23(20-21)35-22-13-6-5-7-14-22)26-28(33)24-16-8-9-17-25(24)36-29(26)30(32)34/h5-10,12-17,20,27H,3-4,11,18-19H2,1-2H3. The zero-order valence-corrected chi connectivity index (χ0v) is 20.6. The first-order valence-electron chi connectivity index (χ1n) is 12.5. The fourth-order valence-corrected chi connectivity index (χ4v) is 4.92. The number of hydrogen-bond acceptors (Lipinski definition) is 5. The number of carbonyl (C=O) groups excluding carboxylic acids is 1. The zero-order valence-electron chi connectivity index (χ0n) is 20.6. The molecule has 0 bridgehead atoms. The number of hydrogen-bond donors (Lipinski definition) is 0. The van der Waals surface area contributed by atoms with Crippen LogP contribution in [0.15, 0.2) is 88.1 Å². The topological polar surface area (TPSA) is 63.0 Å². The lowest BCUT2D eigenvalue weighted by Gasteiger charge is -2.27. The van der Waals surface area contributed by atoms with Crippen molar-refractivity contribution in [3.05, 3.63) is 106 Å². The molecule has 5 rings (SSSR count). The molecule has 0 saturated heterocycles. The molecule has 1 atom stereocenters. The van der Waals surface area contributed by atoms with Crippen LogP contribution in [0.1, 0.15) is 48.0 Å². The van der Waals surface area contributed by atoms with Crippen molar-refractivity contribution >= 4 is 16.9 Å². The molecule has 1 unspecified atom stereocenters. The molecule has 0 spiro atoms. The Morgan fingerprint density at radius 1 is 0.889 bits per heavy atom. The lowest BCUT2D eigenvalue weighted by Crippen LogP contribution is -2.33. The number of rotatable bonds is 9. The lowest BCUT2D eigenvalue weighted by molar-refractivity contribution is 0.0720. The van der Waals surface area contributed by atoms with Crippen LogP contribution in [-0.4, -0.2) is 41.9 Å². The predicted octanol–water partition coefficient (Wildman–Crippen LogP) is 5.86. The summed E-state index contributed by atoms with van der Waals surface area (Å²) in [4.78, 5) is 31.4. The van der Waals surface area contributed by atoms with Gasteiger partial charge in [-0.05, 0) is 68.0 Å². The molecule has 0 N–H and O–H groups in total. The number of nitrogens with zero attached hydrogens (tertiary/aromatic N) is 2. The van der Waals surface area contributed by atoms with Crippen LogP contribution in [0, 0.1) is 0 Å². The summed E-state index contributed by atoms with van der Waals surface area (Å²) in [6.45, 7) is 7.58. The molecule has 6 heteroatoms. The van der Waals surface area contributed by atoms with Crippen LogP contribution in [0.25, 0.3) is 11.0 Å². The van der Waals surface area contributed by atoms with Crippen LogP contribution in [0.5, 0.6) is 11.5 Å². The van der Waals surface area contributed by atoms with Crippen LogP contribution in [-0.2, 0) is 0 Å². The van der Waals surface area contributed by atoms with Crippen LogP contribution in [0.2, 0.25) is 0 Å². The van der Waals surface area contributed by atoms with Gasteiger partial charge >= 0.3 is 0 Å². The van der Waals surface area contributed by atoms with E-state index in [1.165, 1.54) is 0 Å². The highest BCUT2D eigenvalue weighted by molar-refractivity contribution is 5.99. The van der Waals surface area contributed by atoms with Gasteiger partial charge in [-0.2, -0.15) is 0 Å². The maximum Gasteiger partial charge on any atom is 0.290 e. The molecular weight excluding hydrogens is 452 g/mol. The Bertz CT molecular complexity index is 1430. The fraction of sp³-hybridized carbons (Fsp3) is 0.267. The van der Waals surface area contributed by atoms with E-state index in [4.69, 9.17) is 9.15 Å². The summed E-state index contributed by atoms with van der Waals surface area (Å²) in [5.74, 6) is 1.26. The van der Waals surface area contributed by atoms with Gasteiger partial charge in [0.15, 0.2) is 5.43 Å². The minimum Gasteiger partial charge on any atom is -0.457 e. The zero-order chi connectivity index (χ0) is 25.1. The van der Waals surface area contributed by atoms with E-state index in [0.717, 1.165) is 37.4 Å². The summed E-state index contributed by atoms with van der Waals surface area (Å²) in [7, 11) is 0. The number of fused-ring (bicyclic) bond motifs is 2. The molecule has 4 aromatic rings. The Balaban J connectivity index is 1.56. The van der Waals surface area contributed by atoms with Crippen LogP contribution in [0.3, 0.4) is 0 Å². The van der Waals surface area contributed by atoms with Crippen LogP contribution >= 0.6 is 0 Å². The molecule has 6 nitrogen and oxygen atoms in total. The molecule has 1 aliphatic heterocycles. The van der Waals surface area contributed by atoms with Gasteiger partial charge in [0, 0.05) is 6.54 Å². The van der Waals surface area contributed by atoms with Crippen molar-refractivity contribution in [3.63, 3.8) is 0 Å². The molecule has 1 aromatic heterocycles. The molecule has 0 saturated carbocycles. The van der Waals surface area contributed by atoms with Crippen molar-refractivity contribution in [1.29, 1.82) is 0 Å². The van der Waals surface area contributed by atoms with Gasteiger partial charge in [0.2, 0.25) is 5.76 Å². The third kappa shape index (κ3) is 4.52. The molecule has 0 radical (unpaired) electrons. The van der Waals surface area contributed by atoms with E-state index in [2.05, 4.69) is 18.7 Å². The first kappa shape index (κ1) is 23.8. The molecule has 1 amide bonds. The van der Waals surface area contributed by atoms with Crippen molar-refractivity contribution in [3.8, 4) is 11.5 Å². The van der Waals surface area contributed by atoms with E-state index in [9.17, 15) is 9.59 Å². The smallest absolute Gasteiger partial charge is 0.290 e. The summed E-state index contributed by atoms with van der Waals surface area (Å²) in [5, 5.41) is 0.482. The average molecular weight is 483 g/mol. The molecule has 0 aliphatic carbocycles. The number of benzene rings is 3. The predicted molar refractivity (Wildman–Crippen MR) is 141 cm³/mol. The summed E-state index contributed by atoms with van der Waals surface area (Å²) >= 11 is 0. The van der Waals surface area contributed by atoms with Crippen LogP contribution in [0.4, 0.5) is 0 Å². The van der Waals surface area contributed by atoms with E-state index in [1.54, 1.807) is 23.1 Å². The third-order valence-corrected chi connectivity index (χ3v) is 6.79. The average Bonchev–Trinajstić information content (AvgIpc) is 3.19. The van der Waals surface area contributed by atoms with Crippen molar-refractivity contribution in [2.24, 2.45) is 0 Å². The van der Waals surface area contributed by atoms with Gasteiger partial charge in [-0.1, -0.05) is 56.3 Å². The van der Waals surface area contributed by atoms with Gasteiger partial charge in [-0.15, -0.1) is 0 Å². The van der Waals surface area contributed by atoms with E-state index in [0.29, 0.717) is 28.8 Å². The third-order valence-electron chi connectivity index (χ3n) is 6.79. The SMILES string of the molecule is CCN(CC)CCCN1C(=O)c2oc3ccccc3c(=O)c2C1c1cccc(Oc2ccccc2)c1. The van der Waals surface area contributed by atoms with E-state index < -0.39 is 6.04 Å². The summed E-state index contributed by atoms with van der Waals surface area (Å²) in [6, 6.07) is 23.7. The van der Waals surface area contributed by atoms with E-state index in [-0.39, 0.29) is 17.1 Å². The normalized spacial score (nSPS) is 15.0. The minimum absolute atomic E-state index is 0.140. The minimum atomic E-state index is -0.538. The van der Waals surface area contributed by atoms with Crippen LogP contribution < -0.4 is 10.2 Å². The molecule has 2 heterocycles. The highest BCUT2D eigenvalue weighted by atomic mass is 16.5. The van der Waals surface area contributed by atoms with Crippen molar-refractivity contribution in [2.45, 2.75) is 26.3 Å². The van der Waals surface area contributed by atoms with Crippen molar-refractivity contribution < 1.29 is 13.9 Å². The number of para-hydroxylation sites is 2. The van der Waals surface area contributed by atoms with Gasteiger partial charge < -0.3 is 19.0 Å². The Morgan fingerprint density at radius 2 is 1.61 bits per heavy atom. The maximum atomic E-state index is 13.7. The Labute approximate surface area is 210 Å². The monoisotopic (exact) mass is 482 g/mol. The fourth-order valence-electron chi connectivity index (χ4n) is 4.92. The molecule has 36 heavy (non-hydrogen) atoms. The van der Waals surface area contributed by atoms with Gasteiger partial charge in [0.25, 0.3) is 5.91 Å². The number of amides is 1. The second kappa shape index (κ2) is 10.4. The maximum absolute atomic E-state index is 13.7. The second-order valence-electron chi connectivity index (χ2n) is 8.94. The summed E-state index contributed by atoms with van der Waals surface area (Å²) in [5.41, 5.74) is 1.49. The molecule has 0 fully saturated rings. The quantitative estimate of drug-likeness (QED) is 0.299. The van der Waals surface area contributed by atoms with Gasteiger partial charge in [-0.3, -0.25) is 9.59 Å². The Kier molecular flexibility index (Phi) is 6.87. The largest absolute Gasteiger partial charge is 0.457 e. The van der Waals surface area contributed by atoms with Crippen molar-refractivity contribution in [2.75, 3.05) is 26.2 Å². The molecule has 184 valence electrons. The molecule has 3 aromatic carbocycles. The Morgan fingerprint density at radius 3 is 2.39 bits per heavy atom. The number of ether oxygens (including phenoxy) is 1. The first-order valence-corrected chi connectivity index (χ1v) is 12.5. The summed E-state index contributed by atoms with van der Waals surface area (Å²) < 4.78 is 12.1. The van der Waals surface area contributed by atoms with Gasteiger partial charge in [0.05, 0.1) is 17.0 Å². The number of carbonyl (C=O) groups is 1. The van der Waals surface area contributed by atoms with E-state index in [1.807, 2.05) is 60.7 Å². The second-order valence-corrected chi connectivity index (χ2v) is 8.94. The van der Waals surface area contributed by atoms with Gasteiger partial charge in [-0.25, -0.2) is 0 Å².